The highest BCUT2D eigenvalue weighted by Gasteiger charge is 2.04. The van der Waals surface area contributed by atoms with Crippen molar-refractivity contribution in [1.82, 2.24) is 0 Å². The minimum atomic E-state index is -0.327. The van der Waals surface area contributed by atoms with Gasteiger partial charge in [-0.3, -0.25) is 4.79 Å². The van der Waals surface area contributed by atoms with Crippen LogP contribution in [0.3, 0.4) is 0 Å². The van der Waals surface area contributed by atoms with Crippen molar-refractivity contribution in [3.8, 4) is 5.75 Å². The van der Waals surface area contributed by atoms with E-state index in [1.165, 1.54) is 12.3 Å². The van der Waals surface area contributed by atoms with Crippen molar-refractivity contribution < 1.29 is 14.3 Å². The van der Waals surface area contributed by atoms with Crippen LogP contribution < -0.4 is 10.2 Å². The third-order valence-corrected chi connectivity index (χ3v) is 2.53. The van der Waals surface area contributed by atoms with Gasteiger partial charge in [-0.2, -0.15) is 0 Å². The van der Waals surface area contributed by atoms with Crippen LogP contribution in [-0.4, -0.2) is 5.11 Å². The molecular weight excluding hydrogens is 256 g/mol. The second-order valence-electron chi connectivity index (χ2n) is 3.65. The molecule has 18 heavy (non-hydrogen) atoms. The van der Waals surface area contributed by atoms with Gasteiger partial charge >= 0.3 is 0 Å². The summed E-state index contributed by atoms with van der Waals surface area (Å²) in [6.45, 7) is -0.0897. The van der Waals surface area contributed by atoms with Crippen molar-refractivity contribution in [2.45, 2.75) is 13.2 Å². The second-order valence-corrected chi connectivity index (χ2v) is 4.09. The Kier molecular flexibility index (Phi) is 4.02. The zero-order valence-corrected chi connectivity index (χ0v) is 10.2. The van der Waals surface area contributed by atoms with Crippen molar-refractivity contribution in [3.63, 3.8) is 0 Å². The van der Waals surface area contributed by atoms with Crippen LogP contribution in [0.5, 0.6) is 5.75 Å². The average Bonchev–Trinajstić information content (AvgIpc) is 2.37. The molecule has 4 nitrogen and oxygen atoms in total. The number of halogens is 1. The van der Waals surface area contributed by atoms with E-state index in [2.05, 4.69) is 0 Å². The van der Waals surface area contributed by atoms with Gasteiger partial charge < -0.3 is 14.3 Å². The van der Waals surface area contributed by atoms with E-state index in [1.807, 2.05) is 6.07 Å². The number of hydrogen-bond donors (Lipinski definition) is 1. The SMILES string of the molecule is O=c1cc(CO)occ1OCc1cccc(Cl)c1. The van der Waals surface area contributed by atoms with Crippen LogP contribution in [0.1, 0.15) is 11.3 Å². The van der Waals surface area contributed by atoms with E-state index in [0.717, 1.165) is 5.56 Å². The zero-order chi connectivity index (χ0) is 13.0. The molecule has 0 unspecified atom stereocenters. The van der Waals surface area contributed by atoms with Gasteiger partial charge in [0.1, 0.15) is 25.2 Å². The van der Waals surface area contributed by atoms with Gasteiger partial charge in [0, 0.05) is 11.1 Å². The summed E-state index contributed by atoms with van der Waals surface area (Å²) in [6, 6.07) is 8.36. The maximum atomic E-state index is 11.6. The molecule has 2 rings (SSSR count). The number of benzene rings is 1. The van der Waals surface area contributed by atoms with Gasteiger partial charge in [-0.25, -0.2) is 0 Å². The summed E-state index contributed by atoms with van der Waals surface area (Å²) in [5, 5.41) is 9.41. The summed E-state index contributed by atoms with van der Waals surface area (Å²) in [4.78, 5) is 11.6. The van der Waals surface area contributed by atoms with Crippen molar-refractivity contribution in [3.05, 3.63) is 63.2 Å². The molecule has 0 bridgehead atoms. The molecule has 5 heteroatoms. The Hall–Kier alpha value is -1.78. The quantitative estimate of drug-likeness (QED) is 0.923. The number of aliphatic hydroxyl groups is 1. The van der Waals surface area contributed by atoms with Gasteiger partial charge in [0.15, 0.2) is 0 Å². The Bertz CT molecular complexity index is 592. The molecule has 0 aliphatic heterocycles. The number of aliphatic hydroxyl groups excluding tert-OH is 1. The summed E-state index contributed by atoms with van der Waals surface area (Å²) in [6.07, 6.45) is 1.19. The smallest absolute Gasteiger partial charge is 0.227 e. The minimum Gasteiger partial charge on any atom is -0.482 e. The van der Waals surface area contributed by atoms with Gasteiger partial charge in [0.2, 0.25) is 11.2 Å². The molecule has 1 heterocycles. The molecule has 0 atom stereocenters. The molecule has 2 aromatic rings. The first-order chi connectivity index (χ1) is 8.69. The van der Waals surface area contributed by atoms with Gasteiger partial charge in [-0.15, -0.1) is 0 Å². The second kappa shape index (κ2) is 5.71. The highest BCUT2D eigenvalue weighted by molar-refractivity contribution is 6.30. The molecule has 0 fully saturated rings. The van der Waals surface area contributed by atoms with Gasteiger partial charge in [-0.05, 0) is 17.7 Å². The van der Waals surface area contributed by atoms with Crippen LogP contribution in [0.2, 0.25) is 5.02 Å². The molecule has 0 saturated carbocycles. The molecule has 0 amide bonds. The van der Waals surface area contributed by atoms with Crippen molar-refractivity contribution >= 4 is 11.6 Å². The molecule has 94 valence electrons. The topological polar surface area (TPSA) is 59.7 Å². The fourth-order valence-electron chi connectivity index (χ4n) is 1.41. The molecule has 0 radical (unpaired) electrons. The van der Waals surface area contributed by atoms with E-state index in [1.54, 1.807) is 18.2 Å². The highest BCUT2D eigenvalue weighted by Crippen LogP contribution is 2.13. The predicted molar refractivity (Wildman–Crippen MR) is 66.7 cm³/mol. The van der Waals surface area contributed by atoms with Crippen molar-refractivity contribution in [2.75, 3.05) is 0 Å². The first-order valence-electron chi connectivity index (χ1n) is 5.29. The summed E-state index contributed by atoms with van der Waals surface area (Å²) in [5.41, 5.74) is 0.528. The Balaban J connectivity index is 2.09. The Morgan fingerprint density at radius 2 is 2.17 bits per heavy atom. The fraction of sp³-hybridized carbons (Fsp3) is 0.154. The predicted octanol–water partition coefficient (Wildman–Crippen LogP) is 2.36. The van der Waals surface area contributed by atoms with Crippen LogP contribution in [-0.2, 0) is 13.2 Å². The lowest BCUT2D eigenvalue weighted by Gasteiger charge is -2.05. The Labute approximate surface area is 108 Å². The van der Waals surface area contributed by atoms with Crippen molar-refractivity contribution in [1.29, 1.82) is 0 Å². The van der Waals surface area contributed by atoms with Crippen molar-refractivity contribution in [2.24, 2.45) is 0 Å². The third-order valence-electron chi connectivity index (χ3n) is 2.29. The molecule has 0 aliphatic carbocycles. The van der Waals surface area contributed by atoms with Crippen LogP contribution in [0, 0.1) is 0 Å². The number of ether oxygens (including phenoxy) is 1. The Morgan fingerprint density at radius 1 is 1.33 bits per heavy atom. The number of hydrogen-bond acceptors (Lipinski definition) is 4. The molecule has 0 saturated heterocycles. The summed E-state index contributed by atoms with van der Waals surface area (Å²) >= 11 is 5.83. The summed E-state index contributed by atoms with van der Waals surface area (Å²) in [5.74, 6) is 0.308. The maximum Gasteiger partial charge on any atom is 0.227 e. The highest BCUT2D eigenvalue weighted by atomic mass is 35.5. The van der Waals surface area contributed by atoms with Gasteiger partial charge in [0.05, 0.1) is 0 Å². The lowest BCUT2D eigenvalue weighted by molar-refractivity contribution is 0.236. The van der Waals surface area contributed by atoms with E-state index in [9.17, 15) is 4.79 Å². The molecule has 1 N–H and O–H groups in total. The van der Waals surface area contributed by atoms with E-state index in [-0.39, 0.29) is 30.2 Å². The van der Waals surface area contributed by atoms with E-state index in [4.69, 9.17) is 25.9 Å². The van der Waals surface area contributed by atoms with E-state index < -0.39 is 0 Å². The lowest BCUT2D eigenvalue weighted by atomic mass is 10.2. The Morgan fingerprint density at radius 3 is 2.83 bits per heavy atom. The standard InChI is InChI=1S/C13H11ClO4/c14-10-3-1-2-9(4-10)7-18-13-8-17-11(6-15)5-12(13)16/h1-5,8,15H,6-7H2. The molecule has 1 aromatic heterocycles. The monoisotopic (exact) mass is 266 g/mol. The maximum absolute atomic E-state index is 11.6. The van der Waals surface area contributed by atoms with Crippen LogP contribution >= 0.6 is 11.6 Å². The molecular formula is C13H11ClO4. The summed E-state index contributed by atoms with van der Waals surface area (Å²) in [7, 11) is 0. The zero-order valence-electron chi connectivity index (χ0n) is 9.43. The van der Waals surface area contributed by atoms with E-state index in [0.29, 0.717) is 5.02 Å². The molecule has 1 aromatic carbocycles. The summed E-state index contributed by atoms with van der Waals surface area (Å²) < 4.78 is 10.3. The normalized spacial score (nSPS) is 10.3. The first kappa shape index (κ1) is 12.7. The molecule has 0 aliphatic rings. The van der Waals surface area contributed by atoms with E-state index >= 15 is 0 Å². The lowest BCUT2D eigenvalue weighted by Crippen LogP contribution is -2.07. The minimum absolute atomic E-state index is 0.104. The molecule has 0 spiro atoms. The largest absolute Gasteiger partial charge is 0.482 e. The fourth-order valence-corrected chi connectivity index (χ4v) is 1.63. The van der Waals surface area contributed by atoms with Crippen LogP contribution in [0.15, 0.2) is 45.8 Å². The van der Waals surface area contributed by atoms with Crippen LogP contribution in [0.25, 0.3) is 0 Å². The van der Waals surface area contributed by atoms with Gasteiger partial charge in [0.25, 0.3) is 0 Å². The average molecular weight is 267 g/mol. The van der Waals surface area contributed by atoms with Gasteiger partial charge in [-0.1, -0.05) is 23.7 Å². The first-order valence-corrected chi connectivity index (χ1v) is 5.66. The number of rotatable bonds is 4. The third kappa shape index (κ3) is 3.12. The van der Waals surface area contributed by atoms with Crippen LogP contribution in [0.4, 0.5) is 0 Å².